The maximum absolute atomic E-state index is 12.4. The Bertz CT molecular complexity index is 795. The second-order valence-corrected chi connectivity index (χ2v) is 5.62. The first kappa shape index (κ1) is 20.2. The molecule has 8 heteroatoms. The molecule has 0 saturated heterocycles. The van der Waals surface area contributed by atoms with Crippen molar-refractivity contribution in [1.29, 1.82) is 0 Å². The molecule has 0 aliphatic heterocycles. The van der Waals surface area contributed by atoms with Crippen molar-refractivity contribution in [1.82, 2.24) is 0 Å². The first-order chi connectivity index (χ1) is 13.0. The lowest BCUT2D eigenvalue weighted by Gasteiger charge is -2.17. The molecule has 0 aliphatic rings. The number of carbonyl (C=O) groups excluding carboxylic acids is 2. The number of nitrogens with two attached hydrogens (primary N) is 1. The fourth-order valence-electron chi connectivity index (χ4n) is 2.36. The van der Waals surface area contributed by atoms with Gasteiger partial charge in [0.2, 0.25) is 5.91 Å². The SMILES string of the molecule is COCC(N)C(=O)Nc1cc(OC)c(NC(=O)c2ccccc2)cc1OC. The normalized spacial score (nSPS) is 11.4. The summed E-state index contributed by atoms with van der Waals surface area (Å²) in [5, 5.41) is 5.45. The van der Waals surface area contributed by atoms with Gasteiger partial charge in [-0.05, 0) is 12.1 Å². The molecule has 0 spiro atoms. The fourth-order valence-corrected chi connectivity index (χ4v) is 2.36. The lowest BCUT2D eigenvalue weighted by Crippen LogP contribution is -2.39. The molecule has 144 valence electrons. The molecule has 1 atom stereocenters. The molecular weight excluding hydrogens is 350 g/mol. The Morgan fingerprint density at radius 1 is 0.963 bits per heavy atom. The van der Waals surface area contributed by atoms with Gasteiger partial charge >= 0.3 is 0 Å². The second kappa shape index (κ2) is 9.56. The van der Waals surface area contributed by atoms with Crippen molar-refractivity contribution < 1.29 is 23.8 Å². The minimum absolute atomic E-state index is 0.0799. The van der Waals surface area contributed by atoms with Crippen LogP contribution >= 0.6 is 0 Å². The standard InChI is InChI=1S/C19H23N3O5/c1-25-11-13(20)19(24)22-15-10-16(26-2)14(9-17(15)27-3)21-18(23)12-7-5-4-6-8-12/h4-10,13H,11,20H2,1-3H3,(H,21,23)(H,22,24). The molecule has 0 heterocycles. The van der Waals surface area contributed by atoms with Crippen LogP contribution in [0.15, 0.2) is 42.5 Å². The van der Waals surface area contributed by atoms with Crippen LogP contribution in [0.25, 0.3) is 0 Å². The molecule has 0 aromatic heterocycles. The van der Waals surface area contributed by atoms with Gasteiger partial charge in [-0.15, -0.1) is 0 Å². The zero-order chi connectivity index (χ0) is 19.8. The molecule has 8 nitrogen and oxygen atoms in total. The highest BCUT2D eigenvalue weighted by Crippen LogP contribution is 2.36. The van der Waals surface area contributed by atoms with Crippen LogP contribution in [0.2, 0.25) is 0 Å². The first-order valence-corrected chi connectivity index (χ1v) is 8.18. The summed E-state index contributed by atoms with van der Waals surface area (Å²) in [6.45, 7) is 0.0799. The lowest BCUT2D eigenvalue weighted by molar-refractivity contribution is -0.118. The van der Waals surface area contributed by atoms with Gasteiger partial charge in [0.1, 0.15) is 17.5 Å². The largest absolute Gasteiger partial charge is 0.494 e. The zero-order valence-electron chi connectivity index (χ0n) is 15.4. The molecule has 1 unspecified atom stereocenters. The maximum Gasteiger partial charge on any atom is 0.255 e. The summed E-state index contributed by atoms with van der Waals surface area (Å²) in [5.41, 5.74) is 7.00. The number of ether oxygens (including phenoxy) is 3. The second-order valence-electron chi connectivity index (χ2n) is 5.62. The monoisotopic (exact) mass is 373 g/mol. The summed E-state index contributed by atoms with van der Waals surface area (Å²) in [6.07, 6.45) is 0. The Balaban J connectivity index is 2.27. The molecular formula is C19H23N3O5. The first-order valence-electron chi connectivity index (χ1n) is 8.18. The van der Waals surface area contributed by atoms with Crippen LogP contribution in [-0.2, 0) is 9.53 Å². The minimum atomic E-state index is -0.830. The van der Waals surface area contributed by atoms with Gasteiger partial charge in [0, 0.05) is 24.8 Å². The minimum Gasteiger partial charge on any atom is -0.494 e. The summed E-state index contributed by atoms with van der Waals surface area (Å²) in [7, 11) is 4.37. The summed E-state index contributed by atoms with van der Waals surface area (Å²) in [5.74, 6) is -0.0269. The summed E-state index contributed by atoms with van der Waals surface area (Å²) < 4.78 is 15.5. The van der Waals surface area contributed by atoms with Gasteiger partial charge in [0.05, 0.1) is 32.2 Å². The van der Waals surface area contributed by atoms with Gasteiger partial charge in [-0.25, -0.2) is 0 Å². The van der Waals surface area contributed by atoms with E-state index in [4.69, 9.17) is 19.9 Å². The molecule has 0 radical (unpaired) electrons. The Morgan fingerprint density at radius 2 is 1.52 bits per heavy atom. The summed E-state index contributed by atoms with van der Waals surface area (Å²) in [4.78, 5) is 24.5. The van der Waals surface area contributed by atoms with Crippen LogP contribution in [0.1, 0.15) is 10.4 Å². The van der Waals surface area contributed by atoms with E-state index >= 15 is 0 Å². The summed E-state index contributed by atoms with van der Waals surface area (Å²) in [6, 6.07) is 11.1. The number of rotatable bonds is 8. The van der Waals surface area contributed by atoms with E-state index in [9.17, 15) is 9.59 Å². The van der Waals surface area contributed by atoms with Crippen molar-refractivity contribution in [2.75, 3.05) is 38.6 Å². The highest BCUT2D eigenvalue weighted by atomic mass is 16.5. The van der Waals surface area contributed by atoms with Gasteiger partial charge in [-0.3, -0.25) is 9.59 Å². The van der Waals surface area contributed by atoms with E-state index in [2.05, 4.69) is 10.6 Å². The lowest BCUT2D eigenvalue weighted by atomic mass is 10.2. The van der Waals surface area contributed by atoms with Gasteiger partial charge < -0.3 is 30.6 Å². The van der Waals surface area contributed by atoms with Crippen molar-refractivity contribution in [2.24, 2.45) is 5.73 Å². The van der Waals surface area contributed by atoms with E-state index < -0.39 is 11.9 Å². The molecule has 4 N–H and O–H groups in total. The quantitative estimate of drug-likeness (QED) is 0.651. The third-order valence-electron chi connectivity index (χ3n) is 3.75. The van der Waals surface area contributed by atoms with Crippen LogP contribution in [0.3, 0.4) is 0 Å². The molecule has 0 fully saturated rings. The third-order valence-corrected chi connectivity index (χ3v) is 3.75. The number of nitrogens with one attached hydrogen (secondary N) is 2. The van der Waals surface area contributed by atoms with Gasteiger partial charge in [0.25, 0.3) is 5.91 Å². The Labute approximate surface area is 157 Å². The average Bonchev–Trinajstić information content (AvgIpc) is 2.69. The predicted molar refractivity (Wildman–Crippen MR) is 102 cm³/mol. The van der Waals surface area contributed by atoms with E-state index in [0.717, 1.165) is 0 Å². The zero-order valence-corrected chi connectivity index (χ0v) is 15.4. The number of benzene rings is 2. The Morgan fingerprint density at radius 3 is 2.04 bits per heavy atom. The predicted octanol–water partition coefficient (Wildman–Crippen LogP) is 1.87. The molecule has 0 bridgehead atoms. The van der Waals surface area contributed by atoms with Crippen molar-refractivity contribution in [3.05, 3.63) is 48.0 Å². The number of carbonyl (C=O) groups is 2. The van der Waals surface area contributed by atoms with Crippen molar-refractivity contribution in [3.8, 4) is 11.5 Å². The van der Waals surface area contributed by atoms with Gasteiger partial charge in [-0.2, -0.15) is 0 Å². The Hall–Kier alpha value is -3.10. The molecule has 2 aromatic carbocycles. The maximum atomic E-state index is 12.4. The van der Waals surface area contributed by atoms with Crippen LogP contribution in [0, 0.1) is 0 Å². The van der Waals surface area contributed by atoms with Crippen LogP contribution in [-0.4, -0.2) is 45.8 Å². The van der Waals surface area contributed by atoms with Gasteiger partial charge in [0.15, 0.2) is 0 Å². The highest BCUT2D eigenvalue weighted by molar-refractivity contribution is 6.05. The van der Waals surface area contributed by atoms with Crippen molar-refractivity contribution in [3.63, 3.8) is 0 Å². The number of amides is 2. The van der Waals surface area contributed by atoms with E-state index in [1.165, 1.54) is 21.3 Å². The number of hydrogen-bond donors (Lipinski definition) is 3. The number of anilines is 2. The van der Waals surface area contributed by atoms with Crippen LogP contribution < -0.4 is 25.8 Å². The van der Waals surface area contributed by atoms with Crippen LogP contribution in [0.5, 0.6) is 11.5 Å². The van der Waals surface area contributed by atoms with E-state index in [1.807, 2.05) is 6.07 Å². The molecule has 2 amide bonds. The Kier molecular flexibility index (Phi) is 7.16. The molecule has 2 rings (SSSR count). The smallest absolute Gasteiger partial charge is 0.255 e. The molecule has 27 heavy (non-hydrogen) atoms. The van der Waals surface area contributed by atoms with E-state index in [0.29, 0.717) is 28.4 Å². The third kappa shape index (κ3) is 5.19. The van der Waals surface area contributed by atoms with Crippen LogP contribution in [0.4, 0.5) is 11.4 Å². The molecule has 0 saturated carbocycles. The summed E-state index contributed by atoms with van der Waals surface area (Å²) >= 11 is 0. The van der Waals surface area contributed by atoms with E-state index in [1.54, 1.807) is 36.4 Å². The molecule has 0 aliphatic carbocycles. The average molecular weight is 373 g/mol. The van der Waals surface area contributed by atoms with Crippen molar-refractivity contribution >= 4 is 23.2 Å². The highest BCUT2D eigenvalue weighted by Gasteiger charge is 2.19. The van der Waals surface area contributed by atoms with E-state index in [-0.39, 0.29) is 12.5 Å². The van der Waals surface area contributed by atoms with Crippen molar-refractivity contribution in [2.45, 2.75) is 6.04 Å². The topological polar surface area (TPSA) is 112 Å². The fraction of sp³-hybridized carbons (Fsp3) is 0.263. The number of methoxy groups -OCH3 is 3. The molecule has 2 aromatic rings. The number of hydrogen-bond acceptors (Lipinski definition) is 6. The van der Waals surface area contributed by atoms with Gasteiger partial charge in [-0.1, -0.05) is 18.2 Å².